The first-order valence-corrected chi connectivity index (χ1v) is 10.8. The van der Waals surface area contributed by atoms with E-state index >= 15 is 0 Å². The molecular formula is C19H27NO7S. The van der Waals surface area contributed by atoms with Gasteiger partial charge in [-0.25, -0.2) is 4.79 Å². The standard InChI is InChI=1S/C19H27NO7S/c1-3-4-5-6-7-11-17(21)14-9-8-10-15(13(14)2)18(22)20-16(19(23)24)12-28(25,26)27/h8-10,16H,3-7,11-12H2,1-2H3,(H,20,22)(H,23,24)(H,25,26,27). The molecule has 0 saturated heterocycles. The van der Waals surface area contributed by atoms with Gasteiger partial charge in [-0.15, -0.1) is 0 Å². The number of amides is 1. The van der Waals surface area contributed by atoms with Gasteiger partial charge in [-0.2, -0.15) is 8.42 Å². The largest absolute Gasteiger partial charge is 0.480 e. The van der Waals surface area contributed by atoms with Gasteiger partial charge in [0.2, 0.25) is 0 Å². The zero-order chi connectivity index (χ0) is 21.3. The molecule has 28 heavy (non-hydrogen) atoms. The number of carbonyl (C=O) groups is 3. The van der Waals surface area contributed by atoms with E-state index in [9.17, 15) is 22.8 Å². The third-order valence-electron chi connectivity index (χ3n) is 4.37. The molecule has 0 bridgehead atoms. The molecule has 0 aliphatic rings. The molecule has 1 atom stereocenters. The minimum Gasteiger partial charge on any atom is -0.480 e. The lowest BCUT2D eigenvalue weighted by molar-refractivity contribution is -0.138. The van der Waals surface area contributed by atoms with E-state index in [2.05, 4.69) is 12.2 Å². The minimum atomic E-state index is -4.59. The molecule has 1 amide bonds. The molecule has 1 unspecified atom stereocenters. The summed E-state index contributed by atoms with van der Waals surface area (Å²) < 4.78 is 30.7. The molecule has 1 aromatic rings. The summed E-state index contributed by atoms with van der Waals surface area (Å²) >= 11 is 0. The van der Waals surface area contributed by atoms with Gasteiger partial charge in [-0.05, 0) is 25.0 Å². The number of benzene rings is 1. The normalized spacial score (nSPS) is 12.4. The Morgan fingerprint density at radius 2 is 1.68 bits per heavy atom. The van der Waals surface area contributed by atoms with Crippen LogP contribution in [0.25, 0.3) is 0 Å². The van der Waals surface area contributed by atoms with Gasteiger partial charge in [-0.3, -0.25) is 14.1 Å². The molecule has 0 aromatic heterocycles. The van der Waals surface area contributed by atoms with Gasteiger partial charge in [-0.1, -0.05) is 44.7 Å². The smallest absolute Gasteiger partial charge is 0.327 e. The second kappa shape index (κ2) is 10.9. The monoisotopic (exact) mass is 413 g/mol. The number of carboxylic acids is 1. The summed E-state index contributed by atoms with van der Waals surface area (Å²) in [5.74, 6) is -3.67. The molecule has 1 aromatic carbocycles. The lowest BCUT2D eigenvalue weighted by Crippen LogP contribution is -2.45. The van der Waals surface area contributed by atoms with Crippen molar-refractivity contribution >= 4 is 27.8 Å². The number of carboxylic acid groups (broad SMARTS) is 1. The van der Waals surface area contributed by atoms with Gasteiger partial charge in [0.1, 0.15) is 11.8 Å². The molecule has 9 heteroatoms. The first-order chi connectivity index (χ1) is 13.1. The Hall–Kier alpha value is -2.26. The predicted molar refractivity (Wildman–Crippen MR) is 104 cm³/mol. The zero-order valence-electron chi connectivity index (χ0n) is 16.1. The summed E-state index contributed by atoms with van der Waals surface area (Å²) in [6.45, 7) is 3.69. The third-order valence-corrected chi connectivity index (χ3v) is 5.12. The second-order valence-corrected chi connectivity index (χ2v) is 8.18. The SMILES string of the molecule is CCCCCCCC(=O)c1cccc(C(=O)NC(CS(=O)(=O)O)C(=O)O)c1C. The highest BCUT2D eigenvalue weighted by molar-refractivity contribution is 7.85. The van der Waals surface area contributed by atoms with Crippen LogP contribution in [0.3, 0.4) is 0 Å². The van der Waals surface area contributed by atoms with Crippen LogP contribution in [0.5, 0.6) is 0 Å². The zero-order valence-corrected chi connectivity index (χ0v) is 16.9. The van der Waals surface area contributed by atoms with E-state index in [1.807, 2.05) is 0 Å². The minimum absolute atomic E-state index is 0.0819. The van der Waals surface area contributed by atoms with Crippen molar-refractivity contribution in [3.8, 4) is 0 Å². The van der Waals surface area contributed by atoms with Crippen molar-refractivity contribution in [2.45, 2.75) is 58.4 Å². The number of aliphatic carboxylic acids is 1. The Labute approximate surface area is 165 Å². The van der Waals surface area contributed by atoms with Crippen LogP contribution in [0.4, 0.5) is 0 Å². The molecule has 0 radical (unpaired) electrons. The van der Waals surface area contributed by atoms with Crippen LogP contribution in [-0.2, 0) is 14.9 Å². The number of unbranched alkanes of at least 4 members (excludes halogenated alkanes) is 4. The topological polar surface area (TPSA) is 138 Å². The molecule has 0 saturated carbocycles. The number of ketones is 1. The van der Waals surface area contributed by atoms with Crippen LogP contribution in [-0.4, -0.2) is 47.5 Å². The van der Waals surface area contributed by atoms with Gasteiger partial charge in [0.05, 0.1) is 0 Å². The molecule has 0 heterocycles. The molecular weight excluding hydrogens is 386 g/mol. The summed E-state index contributed by atoms with van der Waals surface area (Å²) in [6.07, 6.45) is 5.36. The number of hydrogen-bond donors (Lipinski definition) is 3. The first kappa shape index (κ1) is 23.8. The van der Waals surface area contributed by atoms with E-state index in [0.29, 0.717) is 17.5 Å². The number of carbonyl (C=O) groups excluding carboxylic acids is 2. The van der Waals surface area contributed by atoms with Crippen molar-refractivity contribution in [1.82, 2.24) is 5.32 Å². The lowest BCUT2D eigenvalue weighted by atomic mass is 9.96. The molecule has 0 fully saturated rings. The predicted octanol–water partition coefficient (Wildman–Crippen LogP) is 2.61. The number of nitrogens with one attached hydrogen (secondary N) is 1. The summed E-state index contributed by atoms with van der Waals surface area (Å²) in [5.41, 5.74) is 0.859. The van der Waals surface area contributed by atoms with Gasteiger partial charge >= 0.3 is 5.97 Å². The average molecular weight is 413 g/mol. The molecule has 0 aliphatic heterocycles. The molecule has 8 nitrogen and oxygen atoms in total. The Bertz CT molecular complexity index is 818. The van der Waals surface area contributed by atoms with E-state index in [1.165, 1.54) is 12.1 Å². The van der Waals surface area contributed by atoms with E-state index in [1.54, 1.807) is 13.0 Å². The van der Waals surface area contributed by atoms with Crippen molar-refractivity contribution in [1.29, 1.82) is 0 Å². The van der Waals surface area contributed by atoms with Gasteiger partial charge in [0.15, 0.2) is 5.78 Å². The van der Waals surface area contributed by atoms with Crippen LogP contribution in [0.15, 0.2) is 18.2 Å². The Morgan fingerprint density at radius 3 is 2.25 bits per heavy atom. The third kappa shape index (κ3) is 7.77. The Kier molecular flexibility index (Phi) is 9.27. The fourth-order valence-corrected chi connectivity index (χ4v) is 3.48. The highest BCUT2D eigenvalue weighted by Gasteiger charge is 2.27. The van der Waals surface area contributed by atoms with Crippen LogP contribution in [0, 0.1) is 6.92 Å². The molecule has 0 aliphatic carbocycles. The highest BCUT2D eigenvalue weighted by atomic mass is 32.2. The maximum Gasteiger partial charge on any atom is 0.327 e. The summed E-state index contributed by atoms with van der Waals surface area (Å²) in [7, 11) is -4.59. The molecule has 1 rings (SSSR count). The summed E-state index contributed by atoms with van der Waals surface area (Å²) in [6, 6.07) is 2.74. The number of Topliss-reactive ketones (excluding diaryl/α,β-unsaturated/α-hetero) is 1. The summed E-state index contributed by atoms with van der Waals surface area (Å²) in [5, 5.41) is 11.1. The maximum absolute atomic E-state index is 12.5. The van der Waals surface area contributed by atoms with E-state index < -0.39 is 33.8 Å². The second-order valence-electron chi connectivity index (χ2n) is 6.68. The van der Waals surface area contributed by atoms with Crippen molar-refractivity contribution in [3.05, 3.63) is 34.9 Å². The highest BCUT2D eigenvalue weighted by Crippen LogP contribution is 2.18. The van der Waals surface area contributed by atoms with Crippen LogP contribution >= 0.6 is 0 Å². The summed E-state index contributed by atoms with van der Waals surface area (Å²) in [4.78, 5) is 36.0. The maximum atomic E-state index is 12.5. The number of rotatable bonds is 12. The van der Waals surface area contributed by atoms with E-state index in [4.69, 9.17) is 9.66 Å². The van der Waals surface area contributed by atoms with Gasteiger partial charge in [0.25, 0.3) is 16.0 Å². The van der Waals surface area contributed by atoms with Crippen LogP contribution < -0.4 is 5.32 Å². The van der Waals surface area contributed by atoms with Crippen molar-refractivity contribution in [2.75, 3.05) is 5.75 Å². The Balaban J connectivity index is 2.88. The van der Waals surface area contributed by atoms with Crippen molar-refractivity contribution < 1.29 is 32.5 Å². The van der Waals surface area contributed by atoms with Crippen LogP contribution in [0.1, 0.15) is 71.7 Å². The van der Waals surface area contributed by atoms with Crippen molar-refractivity contribution in [2.24, 2.45) is 0 Å². The van der Waals surface area contributed by atoms with E-state index in [0.717, 1.165) is 32.1 Å². The molecule has 0 spiro atoms. The van der Waals surface area contributed by atoms with E-state index in [-0.39, 0.29) is 11.3 Å². The fraction of sp³-hybridized carbons (Fsp3) is 0.526. The molecule has 3 N–H and O–H groups in total. The van der Waals surface area contributed by atoms with Crippen molar-refractivity contribution in [3.63, 3.8) is 0 Å². The number of hydrogen-bond acceptors (Lipinski definition) is 5. The van der Waals surface area contributed by atoms with Gasteiger partial charge < -0.3 is 10.4 Å². The lowest BCUT2D eigenvalue weighted by Gasteiger charge is -2.15. The molecule has 156 valence electrons. The Morgan fingerprint density at radius 1 is 1.07 bits per heavy atom. The van der Waals surface area contributed by atoms with Crippen LogP contribution in [0.2, 0.25) is 0 Å². The average Bonchev–Trinajstić information content (AvgIpc) is 2.59. The van der Waals surface area contributed by atoms with Gasteiger partial charge in [0, 0.05) is 17.5 Å². The first-order valence-electron chi connectivity index (χ1n) is 9.18. The fourth-order valence-electron chi connectivity index (χ4n) is 2.83. The quantitative estimate of drug-likeness (QED) is 0.272.